The second kappa shape index (κ2) is 5.60. The fourth-order valence-electron chi connectivity index (χ4n) is 2.30. The normalized spacial score (nSPS) is 15.1. The largest absolute Gasteiger partial charge is 0.471 e. The lowest BCUT2D eigenvalue weighted by Crippen LogP contribution is -2.59. The van der Waals surface area contributed by atoms with Gasteiger partial charge in [-0.05, 0) is 26.0 Å². The molecule has 1 N–H and O–H groups in total. The highest BCUT2D eigenvalue weighted by atomic mass is 16.5. The summed E-state index contributed by atoms with van der Waals surface area (Å²) in [5.74, 6) is 0.614. The molecule has 5 heteroatoms. The number of benzene rings is 1. The van der Waals surface area contributed by atoms with Crippen LogP contribution in [0.1, 0.15) is 13.8 Å². The molecule has 1 aliphatic rings. The maximum absolute atomic E-state index is 11.8. The van der Waals surface area contributed by atoms with Crippen LogP contribution in [0.5, 0.6) is 5.88 Å². The number of fused-ring (bicyclic) bond motifs is 1. The van der Waals surface area contributed by atoms with Crippen molar-refractivity contribution in [3.63, 3.8) is 0 Å². The Bertz CT molecular complexity index is 651. The first-order chi connectivity index (χ1) is 10.1. The smallest absolute Gasteiger partial charge is 0.317 e. The predicted molar refractivity (Wildman–Crippen MR) is 81.4 cm³/mol. The van der Waals surface area contributed by atoms with Gasteiger partial charge in [0, 0.05) is 17.5 Å². The maximum Gasteiger partial charge on any atom is 0.317 e. The lowest BCUT2D eigenvalue weighted by molar-refractivity contribution is 0.0410. The van der Waals surface area contributed by atoms with E-state index in [4.69, 9.17) is 4.74 Å². The van der Waals surface area contributed by atoms with Crippen LogP contribution in [-0.2, 0) is 0 Å². The van der Waals surface area contributed by atoms with Crippen LogP contribution >= 0.6 is 0 Å². The van der Waals surface area contributed by atoms with Gasteiger partial charge in [-0.25, -0.2) is 9.78 Å². The highest BCUT2D eigenvalue weighted by Crippen LogP contribution is 2.20. The topological polar surface area (TPSA) is 54.5 Å². The molecule has 5 nitrogen and oxygen atoms in total. The quantitative estimate of drug-likeness (QED) is 0.942. The molecule has 1 aliphatic heterocycles. The van der Waals surface area contributed by atoms with E-state index >= 15 is 0 Å². The molecule has 0 atom stereocenters. The molecular weight excluding hydrogens is 266 g/mol. The lowest BCUT2D eigenvalue weighted by atomic mass is 10.2. The molecule has 1 saturated heterocycles. The summed E-state index contributed by atoms with van der Waals surface area (Å²) in [6, 6.07) is 11.9. The van der Waals surface area contributed by atoms with Crippen molar-refractivity contribution in [3.8, 4) is 5.88 Å². The van der Waals surface area contributed by atoms with E-state index < -0.39 is 0 Å². The number of urea groups is 1. The third-order valence-electron chi connectivity index (χ3n) is 3.41. The van der Waals surface area contributed by atoms with Crippen LogP contribution in [0.4, 0.5) is 4.79 Å². The van der Waals surface area contributed by atoms with Gasteiger partial charge in [0.15, 0.2) is 0 Å². The van der Waals surface area contributed by atoms with Gasteiger partial charge < -0.3 is 15.0 Å². The van der Waals surface area contributed by atoms with Crippen LogP contribution in [0.25, 0.3) is 10.9 Å². The summed E-state index contributed by atoms with van der Waals surface area (Å²) in [5, 5.41) is 3.96. The summed E-state index contributed by atoms with van der Waals surface area (Å²) in [6.45, 7) is 5.11. The molecule has 0 bridgehead atoms. The molecule has 2 aromatic rings. The zero-order valence-corrected chi connectivity index (χ0v) is 12.2. The first kappa shape index (κ1) is 13.7. The molecule has 1 aromatic heterocycles. The molecule has 2 amide bonds. The number of hydrogen-bond acceptors (Lipinski definition) is 3. The number of nitrogens with zero attached hydrogens (tertiary/aromatic N) is 2. The van der Waals surface area contributed by atoms with Crippen LogP contribution in [-0.4, -0.2) is 41.2 Å². The van der Waals surface area contributed by atoms with Gasteiger partial charge in [-0.2, -0.15) is 0 Å². The van der Waals surface area contributed by atoms with E-state index in [0.29, 0.717) is 19.0 Å². The minimum Gasteiger partial charge on any atom is -0.471 e. The van der Waals surface area contributed by atoms with E-state index in [9.17, 15) is 4.79 Å². The van der Waals surface area contributed by atoms with Gasteiger partial charge in [0.1, 0.15) is 6.10 Å². The summed E-state index contributed by atoms with van der Waals surface area (Å²) >= 11 is 0. The predicted octanol–water partition coefficient (Wildman–Crippen LogP) is 2.42. The standard InChI is InChI=1S/C16H19N3O2/c1-11(2)17-16(20)19-9-13(10-19)21-15-8-7-12-5-3-4-6-14(12)18-15/h3-8,11,13H,9-10H2,1-2H3,(H,17,20). The molecule has 21 heavy (non-hydrogen) atoms. The number of hydrogen-bond donors (Lipinski definition) is 1. The van der Waals surface area contributed by atoms with Gasteiger partial charge in [-0.3, -0.25) is 0 Å². The summed E-state index contributed by atoms with van der Waals surface area (Å²) in [6.07, 6.45) is 0.0246. The first-order valence-electron chi connectivity index (χ1n) is 7.20. The van der Waals surface area contributed by atoms with E-state index in [1.165, 1.54) is 0 Å². The van der Waals surface area contributed by atoms with Crippen molar-refractivity contribution in [2.45, 2.75) is 26.0 Å². The fraction of sp³-hybridized carbons (Fsp3) is 0.375. The minimum absolute atomic E-state index is 0.0246. The Balaban J connectivity index is 1.57. The van der Waals surface area contributed by atoms with Gasteiger partial charge in [-0.15, -0.1) is 0 Å². The number of amides is 2. The average Bonchev–Trinajstić information content (AvgIpc) is 2.41. The van der Waals surface area contributed by atoms with Crippen molar-refractivity contribution in [1.29, 1.82) is 0 Å². The fourth-order valence-corrected chi connectivity index (χ4v) is 2.30. The lowest BCUT2D eigenvalue weighted by Gasteiger charge is -2.38. The summed E-state index contributed by atoms with van der Waals surface area (Å²) in [4.78, 5) is 18.0. The Morgan fingerprint density at radius 3 is 2.81 bits per heavy atom. The Kier molecular flexibility index (Phi) is 3.64. The number of aromatic nitrogens is 1. The summed E-state index contributed by atoms with van der Waals surface area (Å²) in [5.41, 5.74) is 0.920. The van der Waals surface area contributed by atoms with Gasteiger partial charge in [0.05, 0.1) is 18.6 Å². The summed E-state index contributed by atoms with van der Waals surface area (Å²) < 4.78 is 5.81. The second-order valence-corrected chi connectivity index (χ2v) is 5.59. The van der Waals surface area contributed by atoms with Crippen LogP contribution < -0.4 is 10.1 Å². The highest BCUT2D eigenvalue weighted by molar-refractivity contribution is 5.78. The maximum atomic E-state index is 11.8. The van der Waals surface area contributed by atoms with Crippen molar-refractivity contribution < 1.29 is 9.53 Å². The van der Waals surface area contributed by atoms with Crippen molar-refractivity contribution >= 4 is 16.9 Å². The van der Waals surface area contributed by atoms with Gasteiger partial charge in [0.25, 0.3) is 0 Å². The zero-order valence-electron chi connectivity index (χ0n) is 12.2. The number of ether oxygens (including phenoxy) is 1. The number of para-hydroxylation sites is 1. The highest BCUT2D eigenvalue weighted by Gasteiger charge is 2.32. The van der Waals surface area contributed by atoms with E-state index in [-0.39, 0.29) is 18.2 Å². The van der Waals surface area contributed by atoms with E-state index in [0.717, 1.165) is 10.9 Å². The molecule has 0 unspecified atom stereocenters. The van der Waals surface area contributed by atoms with Crippen molar-refractivity contribution in [1.82, 2.24) is 15.2 Å². The third kappa shape index (κ3) is 3.07. The van der Waals surface area contributed by atoms with Crippen LogP contribution in [0.2, 0.25) is 0 Å². The number of carbonyl (C=O) groups excluding carboxylic acids is 1. The molecular formula is C16H19N3O2. The number of pyridine rings is 1. The Hall–Kier alpha value is -2.30. The molecule has 1 fully saturated rings. The number of carbonyl (C=O) groups is 1. The molecule has 2 heterocycles. The molecule has 0 aliphatic carbocycles. The monoisotopic (exact) mass is 285 g/mol. The van der Waals surface area contributed by atoms with E-state index in [1.807, 2.05) is 50.2 Å². The minimum atomic E-state index is -0.0312. The van der Waals surface area contributed by atoms with Crippen molar-refractivity contribution in [2.75, 3.05) is 13.1 Å². The van der Waals surface area contributed by atoms with Crippen LogP contribution in [0.15, 0.2) is 36.4 Å². The molecule has 0 spiro atoms. The Labute approximate surface area is 123 Å². The summed E-state index contributed by atoms with van der Waals surface area (Å²) in [7, 11) is 0. The molecule has 0 radical (unpaired) electrons. The number of nitrogens with one attached hydrogen (secondary N) is 1. The Morgan fingerprint density at radius 1 is 1.29 bits per heavy atom. The van der Waals surface area contributed by atoms with Crippen LogP contribution in [0.3, 0.4) is 0 Å². The van der Waals surface area contributed by atoms with Crippen LogP contribution in [0, 0.1) is 0 Å². The molecule has 1 aromatic carbocycles. The van der Waals surface area contributed by atoms with Crippen molar-refractivity contribution in [2.24, 2.45) is 0 Å². The third-order valence-corrected chi connectivity index (χ3v) is 3.41. The average molecular weight is 285 g/mol. The van der Waals surface area contributed by atoms with Gasteiger partial charge in [0.2, 0.25) is 5.88 Å². The van der Waals surface area contributed by atoms with Gasteiger partial charge in [-0.1, -0.05) is 18.2 Å². The Morgan fingerprint density at radius 2 is 2.05 bits per heavy atom. The second-order valence-electron chi connectivity index (χ2n) is 5.59. The first-order valence-corrected chi connectivity index (χ1v) is 7.20. The molecule has 110 valence electrons. The number of rotatable bonds is 3. The van der Waals surface area contributed by atoms with Crippen molar-refractivity contribution in [3.05, 3.63) is 36.4 Å². The molecule has 0 saturated carbocycles. The van der Waals surface area contributed by atoms with E-state index in [1.54, 1.807) is 4.90 Å². The zero-order chi connectivity index (χ0) is 14.8. The SMILES string of the molecule is CC(C)NC(=O)N1CC(Oc2ccc3ccccc3n2)C1. The van der Waals surface area contributed by atoms with Gasteiger partial charge >= 0.3 is 6.03 Å². The molecule has 3 rings (SSSR count). The van der Waals surface area contributed by atoms with E-state index in [2.05, 4.69) is 10.3 Å². The number of likely N-dealkylation sites (tertiary alicyclic amines) is 1.